The topological polar surface area (TPSA) is 105 Å². The molecule has 0 aliphatic rings. The molecule has 5 heteroatoms. The van der Waals surface area contributed by atoms with E-state index >= 15 is 0 Å². The van der Waals surface area contributed by atoms with Crippen molar-refractivity contribution in [1.82, 2.24) is 0 Å². The van der Waals surface area contributed by atoms with Gasteiger partial charge in [-0.3, -0.25) is 4.79 Å². The van der Waals surface area contributed by atoms with Gasteiger partial charge in [0.2, 0.25) is 0 Å². The highest BCUT2D eigenvalue weighted by Crippen LogP contribution is 1.94. The minimum Gasteiger partial charge on any atom is -0.384 e. The van der Waals surface area contributed by atoms with E-state index in [1.807, 2.05) is 0 Å². The molecule has 54 valence electrons. The van der Waals surface area contributed by atoms with Crippen molar-refractivity contribution in [2.75, 3.05) is 0 Å². The maximum Gasteiger partial charge on any atom is 0.163 e. The number of hydrogen-bond donors (Lipinski definition) is 2. The molecular weight excluding hydrogens is 132 g/mol. The van der Waals surface area contributed by atoms with Crippen molar-refractivity contribution in [2.45, 2.75) is 6.92 Å². The van der Waals surface area contributed by atoms with Crippen LogP contribution in [0.4, 0.5) is 0 Å². The van der Waals surface area contributed by atoms with Crippen LogP contribution in [0.3, 0.4) is 0 Å². The summed E-state index contributed by atoms with van der Waals surface area (Å²) in [5.74, 6) is 3.25. The zero-order chi connectivity index (χ0) is 8.15. The Morgan fingerprint density at radius 1 is 1.80 bits per heavy atom. The van der Waals surface area contributed by atoms with Gasteiger partial charge in [0.05, 0.1) is 6.07 Å². The normalized spacial score (nSPS) is 13.8. The average molecular weight is 140 g/mol. The summed E-state index contributed by atoms with van der Waals surface area (Å²) < 4.78 is 0. The summed E-state index contributed by atoms with van der Waals surface area (Å²) in [6.07, 6.45) is 0. The Balaban J connectivity index is 4.41. The van der Waals surface area contributed by atoms with Gasteiger partial charge in [-0.05, 0) is 6.92 Å². The molecule has 0 aromatic carbocycles. The second-order valence-electron chi connectivity index (χ2n) is 1.73. The van der Waals surface area contributed by atoms with Crippen LogP contribution < -0.4 is 11.6 Å². The lowest BCUT2D eigenvalue weighted by atomic mass is 10.1. The van der Waals surface area contributed by atoms with Crippen molar-refractivity contribution in [2.24, 2.45) is 22.6 Å². The molecule has 0 bridgehead atoms. The second-order valence-corrected chi connectivity index (χ2v) is 1.73. The number of hydrazone groups is 1. The number of nitriles is 1. The summed E-state index contributed by atoms with van der Waals surface area (Å²) in [6.45, 7) is 1.26. The third-order valence-corrected chi connectivity index (χ3v) is 0.980. The molecule has 0 rings (SSSR count). The molecule has 0 radical (unpaired) electrons. The van der Waals surface area contributed by atoms with Gasteiger partial charge in [0.25, 0.3) is 0 Å². The summed E-state index contributed by atoms with van der Waals surface area (Å²) in [7, 11) is 0. The van der Waals surface area contributed by atoms with E-state index in [0.717, 1.165) is 0 Å². The summed E-state index contributed by atoms with van der Waals surface area (Å²) in [5, 5.41) is 11.3. The summed E-state index contributed by atoms with van der Waals surface area (Å²) in [5.41, 5.74) is 5.11. The summed E-state index contributed by atoms with van der Waals surface area (Å²) in [4.78, 5) is 10.5. The van der Waals surface area contributed by atoms with Crippen LogP contribution >= 0.6 is 0 Å². The zero-order valence-corrected chi connectivity index (χ0v) is 5.53. The van der Waals surface area contributed by atoms with Gasteiger partial charge in [0, 0.05) is 0 Å². The third-order valence-electron chi connectivity index (χ3n) is 0.980. The Morgan fingerprint density at radius 3 is 2.40 bits per heavy atom. The Kier molecular flexibility index (Phi) is 2.91. The number of nitrogens with zero attached hydrogens (tertiary/aromatic N) is 2. The number of carbonyl (C=O) groups excluding carboxylic acids is 1. The average Bonchev–Trinajstić information content (AvgIpc) is 1.88. The minimum atomic E-state index is -0.995. The third kappa shape index (κ3) is 1.74. The number of hydrogen-bond acceptors (Lipinski definition) is 4. The highest BCUT2D eigenvalue weighted by molar-refractivity contribution is 6.04. The summed E-state index contributed by atoms with van der Waals surface area (Å²) in [6, 6.07) is 1.67. The molecule has 1 atom stereocenters. The number of carbonyl (C=O) groups is 1. The number of Topliss-reactive ketones (excluding diaryl/α,β-unsaturated/α-hetero) is 1. The maximum absolute atomic E-state index is 10.5. The first-order valence-corrected chi connectivity index (χ1v) is 2.56. The van der Waals surface area contributed by atoms with E-state index in [0.29, 0.717) is 0 Å². The maximum atomic E-state index is 10.5. The fourth-order valence-electron chi connectivity index (χ4n) is 0.440. The molecule has 4 N–H and O–H groups in total. The molecule has 0 saturated carbocycles. The first kappa shape index (κ1) is 8.43. The first-order valence-electron chi connectivity index (χ1n) is 2.56. The van der Waals surface area contributed by atoms with Crippen LogP contribution in [0.1, 0.15) is 6.92 Å². The fraction of sp³-hybridized carbons (Fsp3) is 0.400. The van der Waals surface area contributed by atoms with Crippen molar-refractivity contribution < 1.29 is 4.79 Å². The van der Waals surface area contributed by atoms with Gasteiger partial charge in [-0.2, -0.15) is 10.4 Å². The van der Waals surface area contributed by atoms with Crippen LogP contribution in [0.2, 0.25) is 0 Å². The Bertz CT molecular complexity index is 202. The molecule has 0 amide bonds. The quantitative estimate of drug-likeness (QED) is 0.221. The van der Waals surface area contributed by atoms with Gasteiger partial charge >= 0.3 is 0 Å². The molecule has 0 aromatic rings. The lowest BCUT2D eigenvalue weighted by Gasteiger charge is -2.00. The molecule has 0 aromatic heterocycles. The number of nitrogens with two attached hydrogens (primary N) is 2. The summed E-state index contributed by atoms with van der Waals surface area (Å²) >= 11 is 0. The lowest BCUT2D eigenvalue weighted by Crippen LogP contribution is -2.29. The van der Waals surface area contributed by atoms with Gasteiger partial charge in [0.1, 0.15) is 5.84 Å². The number of ketones is 1. The molecule has 0 spiro atoms. The Morgan fingerprint density at radius 2 is 2.30 bits per heavy atom. The van der Waals surface area contributed by atoms with Crippen LogP contribution in [0.15, 0.2) is 5.10 Å². The van der Waals surface area contributed by atoms with Gasteiger partial charge < -0.3 is 11.6 Å². The molecule has 10 heavy (non-hydrogen) atoms. The molecule has 0 fully saturated rings. The highest BCUT2D eigenvalue weighted by atomic mass is 16.1. The van der Waals surface area contributed by atoms with Crippen LogP contribution in [-0.4, -0.2) is 11.6 Å². The molecule has 5 nitrogen and oxygen atoms in total. The standard InChI is InChI=1S/C5H8N4O/c1-3(10)4(2-6)5(7)9-8/h4H,8H2,1H3,(H2,7,9). The van der Waals surface area contributed by atoms with Crippen molar-refractivity contribution in [3.8, 4) is 6.07 Å². The van der Waals surface area contributed by atoms with E-state index in [1.54, 1.807) is 6.07 Å². The van der Waals surface area contributed by atoms with E-state index < -0.39 is 5.92 Å². The Hall–Kier alpha value is -1.57. The van der Waals surface area contributed by atoms with Crippen LogP contribution in [0, 0.1) is 17.2 Å². The monoisotopic (exact) mass is 140 g/mol. The Labute approximate surface area is 58.3 Å². The van der Waals surface area contributed by atoms with Gasteiger partial charge in [0.15, 0.2) is 11.7 Å². The number of amidine groups is 1. The molecule has 0 heterocycles. The van der Waals surface area contributed by atoms with E-state index in [1.165, 1.54) is 6.92 Å². The minimum absolute atomic E-state index is 0.144. The molecular formula is C5H8N4O. The fourth-order valence-corrected chi connectivity index (χ4v) is 0.440. The predicted molar refractivity (Wildman–Crippen MR) is 35.6 cm³/mol. The zero-order valence-electron chi connectivity index (χ0n) is 5.53. The SMILES string of the molecule is CC(=O)C(C#N)C(N)=NN. The van der Waals surface area contributed by atoms with Gasteiger partial charge in [-0.1, -0.05) is 0 Å². The van der Waals surface area contributed by atoms with E-state index in [-0.39, 0.29) is 11.6 Å². The van der Waals surface area contributed by atoms with Crippen molar-refractivity contribution in [1.29, 1.82) is 5.26 Å². The van der Waals surface area contributed by atoms with Gasteiger partial charge in [-0.15, -0.1) is 0 Å². The van der Waals surface area contributed by atoms with Crippen molar-refractivity contribution in [3.05, 3.63) is 0 Å². The molecule has 1 unspecified atom stereocenters. The lowest BCUT2D eigenvalue weighted by molar-refractivity contribution is -0.117. The smallest absolute Gasteiger partial charge is 0.163 e. The van der Waals surface area contributed by atoms with Crippen molar-refractivity contribution in [3.63, 3.8) is 0 Å². The van der Waals surface area contributed by atoms with E-state index in [4.69, 9.17) is 16.8 Å². The van der Waals surface area contributed by atoms with Crippen LogP contribution in [0.5, 0.6) is 0 Å². The van der Waals surface area contributed by atoms with Crippen LogP contribution in [0.25, 0.3) is 0 Å². The predicted octanol–water partition coefficient (Wildman–Crippen LogP) is -1.05. The van der Waals surface area contributed by atoms with Crippen LogP contribution in [-0.2, 0) is 4.79 Å². The molecule has 0 aliphatic heterocycles. The van der Waals surface area contributed by atoms with Gasteiger partial charge in [-0.25, -0.2) is 0 Å². The van der Waals surface area contributed by atoms with Crippen molar-refractivity contribution >= 4 is 11.6 Å². The van der Waals surface area contributed by atoms with E-state index in [2.05, 4.69) is 5.10 Å². The number of rotatable bonds is 2. The molecule has 0 saturated heterocycles. The molecule has 0 aliphatic carbocycles. The highest BCUT2D eigenvalue weighted by Gasteiger charge is 2.16. The largest absolute Gasteiger partial charge is 0.384 e. The van der Waals surface area contributed by atoms with E-state index in [9.17, 15) is 4.79 Å². The second kappa shape index (κ2) is 3.45. The first-order chi connectivity index (χ1) is 4.63.